The van der Waals surface area contributed by atoms with Crippen molar-refractivity contribution in [3.8, 4) is 5.69 Å². The molecule has 2 aromatic rings. The molecule has 1 amide bonds. The van der Waals surface area contributed by atoms with Crippen LogP contribution in [-0.4, -0.2) is 27.0 Å². The maximum Gasteiger partial charge on any atom is 0.233 e. The molecule has 0 aliphatic heterocycles. The zero-order valence-corrected chi connectivity index (χ0v) is 14.5. The second-order valence-electron chi connectivity index (χ2n) is 4.80. The molecule has 112 valence electrons. The van der Waals surface area contributed by atoms with E-state index in [-0.39, 0.29) is 17.2 Å². The first kappa shape index (κ1) is 16.2. The van der Waals surface area contributed by atoms with E-state index >= 15 is 0 Å². The minimum Gasteiger partial charge on any atom is -0.353 e. The molecule has 1 aromatic heterocycles. The summed E-state index contributed by atoms with van der Waals surface area (Å²) in [5, 5.41) is 7.20. The summed E-state index contributed by atoms with van der Waals surface area (Å²) >= 11 is 8.20. The van der Waals surface area contributed by atoms with Crippen molar-refractivity contribution < 1.29 is 4.79 Å². The minimum absolute atomic E-state index is 0.0161. The normalized spacial score (nSPS) is 12.4. The Kier molecular flexibility index (Phi) is 5.55. The number of para-hydroxylation sites is 1. The van der Waals surface area contributed by atoms with Crippen molar-refractivity contribution in [3.05, 3.63) is 34.3 Å². The molecule has 7 heteroatoms. The first-order valence-electron chi connectivity index (χ1n) is 6.60. The van der Waals surface area contributed by atoms with E-state index in [1.807, 2.05) is 51.1 Å². The van der Waals surface area contributed by atoms with Gasteiger partial charge in [-0.1, -0.05) is 41.3 Å². The number of carbonyl (C=O) groups excluding carboxylic acids is 1. The monoisotopic (exact) mass is 339 g/mol. The number of aromatic nitrogens is 2. The Morgan fingerprint density at radius 2 is 2.00 bits per heavy atom. The molecule has 0 radical (unpaired) electrons. The van der Waals surface area contributed by atoms with Crippen LogP contribution in [0.1, 0.15) is 20.8 Å². The number of hydrogen-bond donors (Lipinski definition) is 1. The van der Waals surface area contributed by atoms with Gasteiger partial charge < -0.3 is 5.32 Å². The number of benzene rings is 1. The number of amides is 1. The Labute approximate surface area is 137 Å². The number of nitrogens with zero attached hydrogens (tertiary/aromatic N) is 2. The van der Waals surface area contributed by atoms with E-state index in [0.29, 0.717) is 3.95 Å². The summed E-state index contributed by atoms with van der Waals surface area (Å²) in [6, 6.07) is 9.90. The van der Waals surface area contributed by atoms with Crippen LogP contribution in [0.15, 0.2) is 34.7 Å². The summed E-state index contributed by atoms with van der Waals surface area (Å²) in [5.41, 5.74) is 0.935. The Bertz CT molecular complexity index is 664. The van der Waals surface area contributed by atoms with Crippen molar-refractivity contribution >= 4 is 41.2 Å². The van der Waals surface area contributed by atoms with Crippen molar-refractivity contribution in [2.75, 3.05) is 0 Å². The van der Waals surface area contributed by atoms with Crippen molar-refractivity contribution in [1.82, 2.24) is 15.1 Å². The summed E-state index contributed by atoms with van der Waals surface area (Å²) < 4.78 is 3.21. The van der Waals surface area contributed by atoms with Gasteiger partial charge in [-0.05, 0) is 45.1 Å². The highest BCUT2D eigenvalue weighted by atomic mass is 32.2. The van der Waals surface area contributed by atoms with Crippen LogP contribution in [0.2, 0.25) is 0 Å². The van der Waals surface area contributed by atoms with Crippen LogP contribution in [0.5, 0.6) is 0 Å². The molecule has 0 bridgehead atoms. The molecule has 1 N–H and O–H groups in total. The smallest absolute Gasteiger partial charge is 0.233 e. The first-order valence-corrected chi connectivity index (χ1v) is 8.70. The number of carbonyl (C=O) groups is 1. The van der Waals surface area contributed by atoms with Crippen molar-refractivity contribution in [2.45, 2.75) is 36.4 Å². The van der Waals surface area contributed by atoms with E-state index < -0.39 is 0 Å². The van der Waals surface area contributed by atoms with Crippen LogP contribution in [-0.2, 0) is 4.79 Å². The average Bonchev–Trinajstić information content (AvgIpc) is 2.79. The number of rotatable bonds is 5. The van der Waals surface area contributed by atoms with Gasteiger partial charge >= 0.3 is 0 Å². The summed E-state index contributed by atoms with van der Waals surface area (Å²) in [4.78, 5) is 11.9. The third-order valence-corrected chi connectivity index (χ3v) is 5.02. The quantitative estimate of drug-likeness (QED) is 0.667. The van der Waals surface area contributed by atoms with Gasteiger partial charge in [0.05, 0.1) is 10.9 Å². The molecule has 0 saturated heterocycles. The van der Waals surface area contributed by atoms with Crippen LogP contribution >= 0.6 is 35.3 Å². The second-order valence-corrected chi connectivity index (χ2v) is 8.02. The number of thioether (sulfide) groups is 1. The second kappa shape index (κ2) is 7.20. The minimum atomic E-state index is -0.197. The largest absolute Gasteiger partial charge is 0.353 e. The molecule has 0 spiro atoms. The van der Waals surface area contributed by atoms with Gasteiger partial charge in [0, 0.05) is 6.04 Å². The third kappa shape index (κ3) is 4.39. The van der Waals surface area contributed by atoms with E-state index in [0.717, 1.165) is 10.0 Å². The third-order valence-electron chi connectivity index (χ3n) is 2.61. The van der Waals surface area contributed by atoms with Gasteiger partial charge in [0.2, 0.25) is 5.91 Å². The molecule has 4 nitrogen and oxygen atoms in total. The van der Waals surface area contributed by atoms with Gasteiger partial charge in [-0.2, -0.15) is 0 Å². The molecule has 0 unspecified atom stereocenters. The van der Waals surface area contributed by atoms with E-state index in [4.69, 9.17) is 12.2 Å². The lowest BCUT2D eigenvalue weighted by molar-refractivity contribution is -0.120. The van der Waals surface area contributed by atoms with E-state index in [2.05, 4.69) is 10.4 Å². The molecule has 1 atom stereocenters. The van der Waals surface area contributed by atoms with E-state index in [1.165, 1.54) is 23.1 Å². The average molecular weight is 340 g/mol. The molecule has 1 aromatic carbocycles. The molecule has 0 fully saturated rings. The number of nitrogens with one attached hydrogen (secondary N) is 1. The van der Waals surface area contributed by atoms with Gasteiger partial charge in [0.15, 0.2) is 8.29 Å². The summed E-state index contributed by atoms with van der Waals surface area (Å²) in [6.45, 7) is 5.77. The molecular weight excluding hydrogens is 322 g/mol. The van der Waals surface area contributed by atoms with E-state index in [1.54, 1.807) is 4.68 Å². The summed E-state index contributed by atoms with van der Waals surface area (Å²) in [5.74, 6) is 0.0161. The lowest BCUT2D eigenvalue weighted by Crippen LogP contribution is -2.35. The zero-order chi connectivity index (χ0) is 15.4. The van der Waals surface area contributed by atoms with Crippen molar-refractivity contribution in [1.29, 1.82) is 0 Å². The predicted octanol–water partition coefficient (Wildman–Crippen LogP) is 3.67. The van der Waals surface area contributed by atoms with Gasteiger partial charge in [-0.15, -0.1) is 5.10 Å². The fourth-order valence-corrected chi connectivity index (χ4v) is 4.16. The van der Waals surface area contributed by atoms with Crippen LogP contribution in [0.3, 0.4) is 0 Å². The maximum atomic E-state index is 11.9. The molecule has 2 rings (SSSR count). The molecule has 0 aliphatic rings. The first-order chi connectivity index (χ1) is 9.97. The van der Waals surface area contributed by atoms with Gasteiger partial charge in [0.1, 0.15) is 0 Å². The lowest BCUT2D eigenvalue weighted by Gasteiger charge is -2.12. The zero-order valence-electron chi connectivity index (χ0n) is 12.1. The molecule has 0 aliphatic carbocycles. The number of hydrogen-bond acceptors (Lipinski definition) is 5. The lowest BCUT2D eigenvalue weighted by atomic mass is 10.3. The summed E-state index contributed by atoms with van der Waals surface area (Å²) in [6.07, 6.45) is 0. The van der Waals surface area contributed by atoms with Crippen molar-refractivity contribution in [2.24, 2.45) is 0 Å². The van der Waals surface area contributed by atoms with Crippen LogP contribution in [0, 0.1) is 3.95 Å². The van der Waals surface area contributed by atoms with Crippen LogP contribution < -0.4 is 5.32 Å². The Morgan fingerprint density at radius 1 is 1.33 bits per heavy atom. The van der Waals surface area contributed by atoms with E-state index in [9.17, 15) is 4.79 Å². The highest BCUT2D eigenvalue weighted by Crippen LogP contribution is 2.27. The Morgan fingerprint density at radius 3 is 2.62 bits per heavy atom. The summed E-state index contributed by atoms with van der Waals surface area (Å²) in [7, 11) is 0. The highest BCUT2D eigenvalue weighted by Gasteiger charge is 2.17. The topological polar surface area (TPSA) is 46.9 Å². The van der Waals surface area contributed by atoms with Gasteiger partial charge in [0.25, 0.3) is 0 Å². The highest BCUT2D eigenvalue weighted by molar-refractivity contribution is 8.02. The van der Waals surface area contributed by atoms with Crippen LogP contribution in [0.25, 0.3) is 5.69 Å². The SMILES string of the molecule is CC(C)NC(=O)[C@@H](C)Sc1nn(-c2ccccc2)c(=S)s1. The molecule has 21 heavy (non-hydrogen) atoms. The standard InChI is InChI=1S/C14H17N3OS3/c1-9(2)15-12(18)10(3)20-13-16-17(14(19)21-13)11-7-5-4-6-8-11/h4-10H,1-3H3,(H,15,18)/t10-/m1/s1. The predicted molar refractivity (Wildman–Crippen MR) is 90.9 cm³/mol. The Balaban J connectivity index is 2.13. The van der Waals surface area contributed by atoms with Crippen molar-refractivity contribution in [3.63, 3.8) is 0 Å². The molecule has 1 heterocycles. The van der Waals surface area contributed by atoms with Crippen LogP contribution in [0.4, 0.5) is 0 Å². The molecular formula is C14H17N3OS3. The van der Waals surface area contributed by atoms with Gasteiger partial charge in [-0.25, -0.2) is 4.68 Å². The molecule has 0 saturated carbocycles. The fraction of sp³-hybridized carbons (Fsp3) is 0.357. The fourth-order valence-electron chi connectivity index (χ4n) is 1.65. The van der Waals surface area contributed by atoms with Gasteiger partial charge in [-0.3, -0.25) is 4.79 Å². The maximum absolute atomic E-state index is 11.9. The Hall–Kier alpha value is -1.18.